The molecule has 1 aromatic heterocycles. The van der Waals surface area contributed by atoms with Crippen molar-refractivity contribution in [1.82, 2.24) is 14.5 Å². The molecule has 25 heavy (non-hydrogen) atoms. The van der Waals surface area contributed by atoms with E-state index >= 15 is 0 Å². The third kappa shape index (κ3) is 3.57. The Kier molecular flexibility index (Phi) is 4.87. The average molecular weight is 364 g/mol. The number of carbonyl (C=O) groups is 1. The first-order valence-electron chi connectivity index (χ1n) is 8.10. The predicted molar refractivity (Wildman–Crippen MR) is 91.1 cm³/mol. The van der Waals surface area contributed by atoms with E-state index in [1.54, 1.807) is 12.1 Å². The molecule has 3 rings (SSSR count). The van der Waals surface area contributed by atoms with E-state index in [1.807, 2.05) is 11.8 Å². The van der Waals surface area contributed by atoms with Gasteiger partial charge in [0.25, 0.3) is 0 Å². The van der Waals surface area contributed by atoms with E-state index < -0.39 is 10.0 Å². The van der Waals surface area contributed by atoms with E-state index in [0.29, 0.717) is 50.1 Å². The summed E-state index contributed by atoms with van der Waals surface area (Å²) in [5, 5.41) is 7.92. The Morgan fingerprint density at radius 3 is 2.52 bits per heavy atom. The minimum atomic E-state index is -3.64. The van der Waals surface area contributed by atoms with Crippen molar-refractivity contribution in [2.75, 3.05) is 31.1 Å². The van der Waals surface area contributed by atoms with Crippen LogP contribution in [0.2, 0.25) is 0 Å². The van der Waals surface area contributed by atoms with Crippen LogP contribution in [0.3, 0.4) is 0 Å². The van der Waals surface area contributed by atoms with Crippen molar-refractivity contribution in [3.63, 3.8) is 0 Å². The summed E-state index contributed by atoms with van der Waals surface area (Å²) in [5.41, 5.74) is 0.387. The first-order chi connectivity index (χ1) is 11.9. The van der Waals surface area contributed by atoms with Crippen LogP contribution in [-0.4, -0.2) is 54.9 Å². The molecule has 1 aromatic carbocycles. The standard InChI is InChI=1S/C16H20N4O4S/c1-3-15-17-18-16(24-15)19-7-9-20(10-8-19)25(22,23)14-6-4-5-13(11-14)12(2)21/h4-6,11H,3,7-10H2,1-2H3. The zero-order valence-electron chi connectivity index (χ0n) is 14.2. The number of aryl methyl sites for hydroxylation is 1. The summed E-state index contributed by atoms with van der Waals surface area (Å²) in [5.74, 6) is 0.399. The van der Waals surface area contributed by atoms with Crippen LogP contribution in [0.25, 0.3) is 0 Å². The number of anilines is 1. The van der Waals surface area contributed by atoms with Gasteiger partial charge in [0.2, 0.25) is 15.9 Å². The molecule has 0 amide bonds. The number of aromatic nitrogens is 2. The van der Waals surface area contributed by atoms with Crippen molar-refractivity contribution in [1.29, 1.82) is 0 Å². The van der Waals surface area contributed by atoms with Crippen LogP contribution in [0.1, 0.15) is 30.1 Å². The van der Waals surface area contributed by atoms with Crippen LogP contribution >= 0.6 is 0 Å². The number of hydrogen-bond donors (Lipinski definition) is 0. The van der Waals surface area contributed by atoms with E-state index in [2.05, 4.69) is 10.2 Å². The lowest BCUT2D eigenvalue weighted by atomic mass is 10.2. The topological polar surface area (TPSA) is 96.6 Å². The maximum absolute atomic E-state index is 12.8. The van der Waals surface area contributed by atoms with Gasteiger partial charge in [-0.15, -0.1) is 5.10 Å². The van der Waals surface area contributed by atoms with Gasteiger partial charge in [-0.2, -0.15) is 4.31 Å². The molecule has 0 atom stereocenters. The quantitative estimate of drug-likeness (QED) is 0.739. The summed E-state index contributed by atoms with van der Waals surface area (Å²) >= 11 is 0. The van der Waals surface area contributed by atoms with Gasteiger partial charge in [-0.3, -0.25) is 4.79 Å². The molecule has 0 spiro atoms. The molecule has 1 saturated heterocycles. The van der Waals surface area contributed by atoms with Crippen molar-refractivity contribution in [2.24, 2.45) is 0 Å². The van der Waals surface area contributed by atoms with Crippen molar-refractivity contribution < 1.29 is 17.6 Å². The van der Waals surface area contributed by atoms with Crippen LogP contribution in [0.4, 0.5) is 6.01 Å². The van der Waals surface area contributed by atoms with E-state index in [4.69, 9.17) is 4.42 Å². The molecule has 0 aliphatic carbocycles. The molecular weight excluding hydrogens is 344 g/mol. The fraction of sp³-hybridized carbons (Fsp3) is 0.438. The molecule has 1 aliphatic rings. The first kappa shape index (κ1) is 17.6. The lowest BCUT2D eigenvalue weighted by Gasteiger charge is -2.32. The summed E-state index contributed by atoms with van der Waals surface area (Å²) in [7, 11) is -3.64. The molecule has 134 valence electrons. The maximum Gasteiger partial charge on any atom is 0.318 e. The highest BCUT2D eigenvalue weighted by atomic mass is 32.2. The smallest absolute Gasteiger partial charge is 0.318 e. The summed E-state index contributed by atoms with van der Waals surface area (Å²) in [6.45, 7) is 4.91. The molecule has 8 nitrogen and oxygen atoms in total. The Balaban J connectivity index is 1.73. The number of Topliss-reactive ketones (excluding diaryl/α,β-unsaturated/α-hetero) is 1. The van der Waals surface area contributed by atoms with E-state index in [1.165, 1.54) is 23.4 Å². The second kappa shape index (κ2) is 6.93. The zero-order chi connectivity index (χ0) is 18.0. The molecule has 0 saturated carbocycles. The largest absolute Gasteiger partial charge is 0.408 e. The maximum atomic E-state index is 12.8. The van der Waals surface area contributed by atoms with E-state index in [9.17, 15) is 13.2 Å². The highest BCUT2D eigenvalue weighted by molar-refractivity contribution is 7.89. The highest BCUT2D eigenvalue weighted by Crippen LogP contribution is 2.21. The van der Waals surface area contributed by atoms with Crippen LogP contribution in [0.15, 0.2) is 33.6 Å². The SMILES string of the molecule is CCc1nnc(N2CCN(S(=O)(=O)c3cccc(C(C)=O)c3)CC2)o1. The van der Waals surface area contributed by atoms with Crippen molar-refractivity contribution in [2.45, 2.75) is 25.2 Å². The third-order valence-corrected chi connectivity index (χ3v) is 6.04. The van der Waals surface area contributed by atoms with Crippen LogP contribution in [0.5, 0.6) is 0 Å². The number of nitrogens with zero attached hydrogens (tertiary/aromatic N) is 4. The van der Waals surface area contributed by atoms with E-state index in [0.717, 1.165) is 0 Å². The number of ketones is 1. The third-order valence-electron chi connectivity index (χ3n) is 4.15. The first-order valence-corrected chi connectivity index (χ1v) is 9.54. The molecule has 0 bridgehead atoms. The average Bonchev–Trinajstić information content (AvgIpc) is 3.11. The fourth-order valence-corrected chi connectivity index (χ4v) is 4.13. The molecule has 0 N–H and O–H groups in total. The second-order valence-corrected chi connectivity index (χ2v) is 7.75. The monoisotopic (exact) mass is 364 g/mol. The fourth-order valence-electron chi connectivity index (χ4n) is 2.66. The zero-order valence-corrected chi connectivity index (χ0v) is 15.0. The Morgan fingerprint density at radius 2 is 1.92 bits per heavy atom. The summed E-state index contributed by atoms with van der Waals surface area (Å²) in [4.78, 5) is 13.5. The van der Waals surface area contributed by atoms with Gasteiger partial charge in [0.1, 0.15) is 0 Å². The summed E-state index contributed by atoms with van der Waals surface area (Å²) in [6, 6.07) is 6.56. The molecule has 0 radical (unpaired) electrons. The second-order valence-electron chi connectivity index (χ2n) is 5.81. The number of rotatable bonds is 5. The molecule has 1 aliphatic heterocycles. The predicted octanol–water partition coefficient (Wildman–Crippen LogP) is 1.35. The Morgan fingerprint density at radius 1 is 1.20 bits per heavy atom. The lowest BCUT2D eigenvalue weighted by Crippen LogP contribution is -2.48. The Labute approximate surface area is 146 Å². The van der Waals surface area contributed by atoms with Crippen molar-refractivity contribution in [3.05, 3.63) is 35.7 Å². The van der Waals surface area contributed by atoms with E-state index in [-0.39, 0.29) is 10.7 Å². The molecule has 0 unspecified atom stereocenters. The number of benzene rings is 1. The highest BCUT2D eigenvalue weighted by Gasteiger charge is 2.30. The minimum Gasteiger partial charge on any atom is -0.408 e. The number of carbonyl (C=O) groups excluding carboxylic acids is 1. The number of sulfonamides is 1. The molecular formula is C16H20N4O4S. The van der Waals surface area contributed by atoms with Crippen LogP contribution in [-0.2, 0) is 16.4 Å². The van der Waals surface area contributed by atoms with Crippen LogP contribution in [0, 0.1) is 0 Å². The molecule has 2 aromatic rings. The van der Waals surface area contributed by atoms with Gasteiger partial charge in [0.05, 0.1) is 4.90 Å². The summed E-state index contributed by atoms with van der Waals surface area (Å²) < 4.78 is 32.5. The Bertz CT molecular complexity index is 870. The number of hydrogen-bond acceptors (Lipinski definition) is 7. The molecule has 9 heteroatoms. The van der Waals surface area contributed by atoms with Crippen molar-refractivity contribution in [3.8, 4) is 0 Å². The number of piperazine rings is 1. The van der Waals surface area contributed by atoms with Gasteiger partial charge in [-0.25, -0.2) is 8.42 Å². The van der Waals surface area contributed by atoms with Crippen molar-refractivity contribution >= 4 is 21.8 Å². The van der Waals surface area contributed by atoms with Gasteiger partial charge in [-0.1, -0.05) is 24.2 Å². The molecule has 1 fully saturated rings. The van der Waals surface area contributed by atoms with Gasteiger partial charge < -0.3 is 9.32 Å². The van der Waals surface area contributed by atoms with Gasteiger partial charge >= 0.3 is 6.01 Å². The normalized spacial score (nSPS) is 16.2. The Hall–Kier alpha value is -2.26. The summed E-state index contributed by atoms with van der Waals surface area (Å²) in [6.07, 6.45) is 0.661. The molecule has 2 heterocycles. The lowest BCUT2D eigenvalue weighted by molar-refractivity contribution is 0.101. The van der Waals surface area contributed by atoms with Gasteiger partial charge in [0.15, 0.2) is 5.78 Å². The van der Waals surface area contributed by atoms with Gasteiger partial charge in [-0.05, 0) is 19.1 Å². The minimum absolute atomic E-state index is 0.139. The van der Waals surface area contributed by atoms with Gasteiger partial charge in [0, 0.05) is 38.2 Å². The van der Waals surface area contributed by atoms with Crippen LogP contribution < -0.4 is 4.90 Å².